The summed E-state index contributed by atoms with van der Waals surface area (Å²) < 4.78 is 0. The van der Waals surface area contributed by atoms with Gasteiger partial charge in [-0.15, -0.1) is 11.3 Å². The number of hydrogen-bond donors (Lipinski definition) is 0. The Balaban J connectivity index is 1.85. The first-order chi connectivity index (χ1) is 10.2. The fourth-order valence-corrected chi connectivity index (χ4v) is 4.18. The van der Waals surface area contributed by atoms with Crippen molar-refractivity contribution in [1.82, 2.24) is 9.97 Å². The number of aromatic nitrogens is 2. The standard InChI is InChI=1S/C18H24N2S/c1-13(2)10-15-8-9-19-11-16(15)18-20-17(12-21-18)14-6-4-3-5-7-14/h8-9,11-14H,3-7,10H2,1-2H3. The van der Waals surface area contributed by atoms with Crippen LogP contribution in [0.3, 0.4) is 0 Å². The Morgan fingerprint density at radius 3 is 2.81 bits per heavy atom. The molecule has 2 heterocycles. The third-order valence-corrected chi connectivity index (χ3v) is 5.21. The van der Waals surface area contributed by atoms with Crippen LogP contribution >= 0.6 is 11.3 Å². The molecule has 0 unspecified atom stereocenters. The van der Waals surface area contributed by atoms with Gasteiger partial charge in [0.1, 0.15) is 5.01 Å². The molecule has 0 amide bonds. The third-order valence-electron chi connectivity index (χ3n) is 4.32. The van der Waals surface area contributed by atoms with Gasteiger partial charge in [0.15, 0.2) is 0 Å². The highest BCUT2D eigenvalue weighted by Crippen LogP contribution is 2.36. The second kappa shape index (κ2) is 6.69. The summed E-state index contributed by atoms with van der Waals surface area (Å²) in [6.07, 6.45) is 11.7. The van der Waals surface area contributed by atoms with E-state index in [1.165, 1.54) is 48.9 Å². The molecule has 1 fully saturated rings. The molecule has 0 aliphatic heterocycles. The van der Waals surface area contributed by atoms with Gasteiger partial charge in [-0.1, -0.05) is 33.1 Å². The van der Waals surface area contributed by atoms with Crippen LogP contribution in [0.4, 0.5) is 0 Å². The number of rotatable bonds is 4. The molecular formula is C18H24N2S. The monoisotopic (exact) mass is 300 g/mol. The van der Waals surface area contributed by atoms with Crippen LogP contribution < -0.4 is 0 Å². The van der Waals surface area contributed by atoms with Crippen LogP contribution in [0.25, 0.3) is 10.6 Å². The number of pyridine rings is 1. The molecule has 2 nitrogen and oxygen atoms in total. The zero-order chi connectivity index (χ0) is 14.7. The zero-order valence-electron chi connectivity index (χ0n) is 13.0. The summed E-state index contributed by atoms with van der Waals surface area (Å²) in [5.41, 5.74) is 3.93. The van der Waals surface area contributed by atoms with Crippen LogP contribution in [0.2, 0.25) is 0 Å². The van der Waals surface area contributed by atoms with E-state index >= 15 is 0 Å². The minimum Gasteiger partial charge on any atom is -0.264 e. The number of nitrogens with zero attached hydrogens (tertiary/aromatic N) is 2. The topological polar surface area (TPSA) is 25.8 Å². The first-order valence-corrected chi connectivity index (χ1v) is 9.00. The van der Waals surface area contributed by atoms with Crippen LogP contribution in [-0.2, 0) is 6.42 Å². The lowest BCUT2D eigenvalue weighted by Gasteiger charge is -2.19. The molecule has 1 saturated carbocycles. The van der Waals surface area contributed by atoms with E-state index in [1.54, 1.807) is 11.3 Å². The van der Waals surface area contributed by atoms with E-state index in [0.717, 1.165) is 11.4 Å². The summed E-state index contributed by atoms with van der Waals surface area (Å²) in [6, 6.07) is 2.15. The molecule has 0 atom stereocenters. The Bertz CT molecular complexity index is 582. The van der Waals surface area contributed by atoms with Crippen molar-refractivity contribution in [3.63, 3.8) is 0 Å². The van der Waals surface area contributed by atoms with Crippen LogP contribution in [0.1, 0.15) is 63.1 Å². The molecule has 21 heavy (non-hydrogen) atoms. The van der Waals surface area contributed by atoms with Crippen LogP contribution in [0, 0.1) is 5.92 Å². The van der Waals surface area contributed by atoms with Gasteiger partial charge in [0.25, 0.3) is 0 Å². The highest BCUT2D eigenvalue weighted by molar-refractivity contribution is 7.13. The minimum absolute atomic E-state index is 0.656. The lowest BCUT2D eigenvalue weighted by Crippen LogP contribution is -2.04. The molecule has 0 aromatic carbocycles. The van der Waals surface area contributed by atoms with Gasteiger partial charge in [0.2, 0.25) is 0 Å². The normalized spacial score (nSPS) is 16.5. The molecule has 2 aromatic heterocycles. The van der Waals surface area contributed by atoms with E-state index in [0.29, 0.717) is 11.8 Å². The Morgan fingerprint density at radius 1 is 1.24 bits per heavy atom. The van der Waals surface area contributed by atoms with Crippen molar-refractivity contribution in [3.8, 4) is 10.6 Å². The van der Waals surface area contributed by atoms with Gasteiger partial charge in [-0.3, -0.25) is 4.98 Å². The lowest BCUT2D eigenvalue weighted by atomic mass is 9.87. The maximum absolute atomic E-state index is 4.95. The Labute approximate surface area is 131 Å². The first kappa shape index (κ1) is 14.7. The van der Waals surface area contributed by atoms with Crippen LogP contribution in [0.15, 0.2) is 23.8 Å². The van der Waals surface area contributed by atoms with Gasteiger partial charge >= 0.3 is 0 Å². The van der Waals surface area contributed by atoms with Crippen molar-refractivity contribution in [2.24, 2.45) is 5.92 Å². The predicted molar refractivity (Wildman–Crippen MR) is 89.7 cm³/mol. The fraction of sp³-hybridized carbons (Fsp3) is 0.556. The second-order valence-corrected chi connectivity index (χ2v) is 7.40. The molecule has 1 aliphatic carbocycles. The summed E-state index contributed by atoms with van der Waals surface area (Å²) in [5.74, 6) is 1.35. The van der Waals surface area contributed by atoms with Gasteiger partial charge in [0.05, 0.1) is 5.69 Å². The van der Waals surface area contributed by atoms with Crippen LogP contribution in [0.5, 0.6) is 0 Å². The van der Waals surface area contributed by atoms with Crippen molar-refractivity contribution in [2.75, 3.05) is 0 Å². The molecule has 0 N–H and O–H groups in total. The molecule has 1 aliphatic rings. The third kappa shape index (κ3) is 3.52. The largest absolute Gasteiger partial charge is 0.264 e. The fourth-order valence-electron chi connectivity index (χ4n) is 3.23. The summed E-state index contributed by atoms with van der Waals surface area (Å²) in [5, 5.41) is 3.43. The van der Waals surface area contributed by atoms with Gasteiger partial charge < -0.3 is 0 Å². The summed E-state index contributed by atoms with van der Waals surface area (Å²) in [4.78, 5) is 9.27. The van der Waals surface area contributed by atoms with Crippen LogP contribution in [-0.4, -0.2) is 9.97 Å². The average molecular weight is 300 g/mol. The Morgan fingerprint density at radius 2 is 2.05 bits per heavy atom. The maximum Gasteiger partial charge on any atom is 0.125 e. The molecule has 3 heteroatoms. The predicted octanol–water partition coefficient (Wildman–Crippen LogP) is 5.45. The van der Waals surface area contributed by atoms with Crippen molar-refractivity contribution < 1.29 is 0 Å². The molecule has 0 saturated heterocycles. The maximum atomic E-state index is 4.95. The van der Waals surface area contributed by atoms with Crippen molar-refractivity contribution >= 4 is 11.3 Å². The molecule has 0 bridgehead atoms. The molecular weight excluding hydrogens is 276 g/mol. The molecule has 112 valence electrons. The minimum atomic E-state index is 0.656. The van der Waals surface area contributed by atoms with Gasteiger partial charge in [-0.05, 0) is 36.8 Å². The molecule has 0 spiro atoms. The van der Waals surface area contributed by atoms with E-state index in [-0.39, 0.29) is 0 Å². The number of hydrogen-bond acceptors (Lipinski definition) is 3. The van der Waals surface area contributed by atoms with Gasteiger partial charge in [0, 0.05) is 29.3 Å². The average Bonchev–Trinajstić information content (AvgIpc) is 2.98. The van der Waals surface area contributed by atoms with E-state index in [4.69, 9.17) is 4.98 Å². The molecule has 2 aromatic rings. The van der Waals surface area contributed by atoms with Crippen molar-refractivity contribution in [2.45, 2.75) is 58.3 Å². The highest BCUT2D eigenvalue weighted by Gasteiger charge is 2.19. The van der Waals surface area contributed by atoms with E-state index in [9.17, 15) is 0 Å². The first-order valence-electron chi connectivity index (χ1n) is 8.12. The van der Waals surface area contributed by atoms with Gasteiger partial charge in [-0.2, -0.15) is 0 Å². The summed E-state index contributed by atoms with van der Waals surface area (Å²) >= 11 is 1.79. The number of thiazole rings is 1. The van der Waals surface area contributed by atoms with E-state index < -0.39 is 0 Å². The molecule has 3 rings (SSSR count). The van der Waals surface area contributed by atoms with Gasteiger partial charge in [-0.25, -0.2) is 4.98 Å². The summed E-state index contributed by atoms with van der Waals surface area (Å²) in [6.45, 7) is 4.53. The zero-order valence-corrected chi connectivity index (χ0v) is 13.8. The van der Waals surface area contributed by atoms with Crippen molar-refractivity contribution in [3.05, 3.63) is 35.1 Å². The Kier molecular flexibility index (Phi) is 4.69. The van der Waals surface area contributed by atoms with E-state index in [2.05, 4.69) is 30.3 Å². The SMILES string of the molecule is CC(C)Cc1ccncc1-c1nc(C2CCCCC2)cs1. The molecule has 0 radical (unpaired) electrons. The highest BCUT2D eigenvalue weighted by atomic mass is 32.1. The Hall–Kier alpha value is -1.22. The quantitative estimate of drug-likeness (QED) is 0.750. The van der Waals surface area contributed by atoms with Crippen molar-refractivity contribution in [1.29, 1.82) is 0 Å². The lowest BCUT2D eigenvalue weighted by molar-refractivity contribution is 0.438. The second-order valence-electron chi connectivity index (χ2n) is 6.54. The van der Waals surface area contributed by atoms with E-state index in [1.807, 2.05) is 12.4 Å². The summed E-state index contributed by atoms with van der Waals surface area (Å²) in [7, 11) is 0. The smallest absolute Gasteiger partial charge is 0.125 e.